The number of hydrogen-bond acceptors (Lipinski definition) is 3. The minimum Gasteiger partial charge on any atom is -0.495 e. The summed E-state index contributed by atoms with van der Waals surface area (Å²) in [7, 11) is 1.70. The maximum atomic E-state index is 6.06. The molecule has 1 aromatic carbocycles. The zero-order valence-electron chi connectivity index (χ0n) is 12.7. The Morgan fingerprint density at radius 2 is 2.00 bits per heavy atom. The Hall–Kier alpha value is -1.22. The van der Waals surface area contributed by atoms with Crippen molar-refractivity contribution in [3.8, 4) is 5.75 Å². The van der Waals surface area contributed by atoms with Crippen molar-refractivity contribution in [3.05, 3.63) is 24.3 Å². The van der Waals surface area contributed by atoms with Crippen molar-refractivity contribution >= 4 is 5.69 Å². The lowest BCUT2D eigenvalue weighted by atomic mass is 9.84. The summed E-state index contributed by atoms with van der Waals surface area (Å²) in [5.74, 6) is 1.53. The molecule has 19 heavy (non-hydrogen) atoms. The number of para-hydroxylation sites is 2. The smallest absolute Gasteiger partial charge is 0.141 e. The van der Waals surface area contributed by atoms with Gasteiger partial charge in [-0.1, -0.05) is 39.3 Å². The summed E-state index contributed by atoms with van der Waals surface area (Å²) in [4.78, 5) is 0. The molecule has 1 rings (SSSR count). The molecule has 0 saturated carbocycles. The van der Waals surface area contributed by atoms with Crippen LogP contribution in [0.3, 0.4) is 0 Å². The molecule has 2 atom stereocenters. The highest BCUT2D eigenvalue weighted by Crippen LogP contribution is 2.31. The maximum Gasteiger partial charge on any atom is 0.141 e. The molecule has 3 heteroatoms. The van der Waals surface area contributed by atoms with Gasteiger partial charge >= 0.3 is 0 Å². The van der Waals surface area contributed by atoms with Crippen LogP contribution in [0, 0.1) is 5.92 Å². The molecule has 0 saturated heterocycles. The minimum absolute atomic E-state index is 0.0515. The lowest BCUT2D eigenvalue weighted by Gasteiger charge is -2.36. The second kappa shape index (κ2) is 7.39. The molecule has 1 aromatic rings. The summed E-state index contributed by atoms with van der Waals surface area (Å²) >= 11 is 0. The van der Waals surface area contributed by atoms with E-state index < -0.39 is 0 Å². The zero-order chi connectivity index (χ0) is 14.3. The van der Waals surface area contributed by atoms with Crippen LogP contribution in [0.4, 0.5) is 5.69 Å². The number of nitrogens with one attached hydrogen (secondary N) is 1. The second-order valence-electron chi connectivity index (χ2n) is 5.38. The second-order valence-corrected chi connectivity index (χ2v) is 5.38. The van der Waals surface area contributed by atoms with E-state index in [4.69, 9.17) is 10.5 Å². The van der Waals surface area contributed by atoms with Crippen molar-refractivity contribution in [3.63, 3.8) is 0 Å². The minimum atomic E-state index is -0.0515. The van der Waals surface area contributed by atoms with E-state index in [1.807, 2.05) is 18.2 Å². The molecule has 0 aliphatic heterocycles. The molecule has 0 spiro atoms. The Balaban J connectivity index is 2.94. The van der Waals surface area contributed by atoms with Gasteiger partial charge in [0.15, 0.2) is 0 Å². The first kappa shape index (κ1) is 15.8. The molecule has 0 aliphatic rings. The van der Waals surface area contributed by atoms with E-state index in [1.54, 1.807) is 7.11 Å². The van der Waals surface area contributed by atoms with Crippen LogP contribution in [-0.4, -0.2) is 19.2 Å². The average molecular weight is 264 g/mol. The lowest BCUT2D eigenvalue weighted by molar-refractivity contribution is 0.344. The van der Waals surface area contributed by atoms with E-state index in [2.05, 4.69) is 32.2 Å². The first-order valence-corrected chi connectivity index (χ1v) is 7.22. The van der Waals surface area contributed by atoms with Gasteiger partial charge in [0.1, 0.15) is 5.75 Å². The van der Waals surface area contributed by atoms with Crippen molar-refractivity contribution in [2.45, 2.75) is 45.6 Å². The van der Waals surface area contributed by atoms with Crippen molar-refractivity contribution in [1.82, 2.24) is 0 Å². The number of nitrogens with two attached hydrogens (primary N) is 1. The Morgan fingerprint density at radius 3 is 2.53 bits per heavy atom. The van der Waals surface area contributed by atoms with Gasteiger partial charge < -0.3 is 15.8 Å². The monoisotopic (exact) mass is 264 g/mol. The molecule has 2 unspecified atom stereocenters. The third-order valence-corrected chi connectivity index (χ3v) is 4.01. The first-order chi connectivity index (χ1) is 9.10. The molecule has 0 fully saturated rings. The zero-order valence-corrected chi connectivity index (χ0v) is 12.7. The van der Waals surface area contributed by atoms with E-state index in [-0.39, 0.29) is 5.54 Å². The van der Waals surface area contributed by atoms with E-state index in [0.29, 0.717) is 12.5 Å². The molecule has 0 radical (unpaired) electrons. The number of rotatable bonds is 8. The predicted octanol–water partition coefficient (Wildman–Crippen LogP) is 3.65. The average Bonchev–Trinajstić information content (AvgIpc) is 2.46. The van der Waals surface area contributed by atoms with Crippen LogP contribution in [0.25, 0.3) is 0 Å². The van der Waals surface area contributed by atoms with Crippen LogP contribution in [0.15, 0.2) is 24.3 Å². The standard InChI is InChI=1S/C16H28N2O/c1-5-13(3)11-16(6-2,12-17)18-14-9-7-8-10-15(14)19-4/h7-10,13,18H,5-6,11-12,17H2,1-4H3. The van der Waals surface area contributed by atoms with Gasteiger partial charge in [0, 0.05) is 12.1 Å². The summed E-state index contributed by atoms with van der Waals surface area (Å²) < 4.78 is 5.41. The quantitative estimate of drug-likeness (QED) is 0.753. The summed E-state index contributed by atoms with van der Waals surface area (Å²) in [5, 5.41) is 3.63. The molecule has 3 N–H and O–H groups in total. The number of methoxy groups -OCH3 is 1. The molecule has 0 aromatic heterocycles. The van der Waals surface area contributed by atoms with E-state index >= 15 is 0 Å². The normalized spacial score (nSPS) is 15.6. The van der Waals surface area contributed by atoms with Gasteiger partial charge in [-0.3, -0.25) is 0 Å². The molecular formula is C16H28N2O. The Morgan fingerprint density at radius 1 is 1.32 bits per heavy atom. The largest absolute Gasteiger partial charge is 0.495 e. The van der Waals surface area contributed by atoms with Crippen molar-refractivity contribution in [1.29, 1.82) is 0 Å². The summed E-state index contributed by atoms with van der Waals surface area (Å²) in [6, 6.07) is 8.03. The molecule has 0 aliphatic carbocycles. The summed E-state index contributed by atoms with van der Waals surface area (Å²) in [6.45, 7) is 7.33. The molecule has 3 nitrogen and oxygen atoms in total. The molecule has 0 bridgehead atoms. The molecule has 0 amide bonds. The molecule has 108 valence electrons. The SMILES string of the molecule is CCC(C)CC(CC)(CN)Nc1ccccc1OC. The number of ether oxygens (including phenoxy) is 1. The van der Waals surface area contributed by atoms with Gasteiger partial charge in [0.2, 0.25) is 0 Å². The predicted molar refractivity (Wildman–Crippen MR) is 82.8 cm³/mol. The van der Waals surface area contributed by atoms with Crippen LogP contribution in [-0.2, 0) is 0 Å². The fraction of sp³-hybridized carbons (Fsp3) is 0.625. The van der Waals surface area contributed by atoms with Gasteiger partial charge in [-0.2, -0.15) is 0 Å². The third-order valence-electron chi connectivity index (χ3n) is 4.01. The highest BCUT2D eigenvalue weighted by atomic mass is 16.5. The lowest BCUT2D eigenvalue weighted by Crippen LogP contribution is -2.46. The Bertz CT molecular complexity index is 375. The van der Waals surface area contributed by atoms with Gasteiger partial charge in [0.25, 0.3) is 0 Å². The van der Waals surface area contributed by atoms with Crippen LogP contribution in [0.1, 0.15) is 40.0 Å². The van der Waals surface area contributed by atoms with Crippen LogP contribution in [0.2, 0.25) is 0 Å². The highest BCUT2D eigenvalue weighted by molar-refractivity contribution is 5.57. The topological polar surface area (TPSA) is 47.3 Å². The number of hydrogen-bond donors (Lipinski definition) is 2. The van der Waals surface area contributed by atoms with Gasteiger partial charge in [-0.25, -0.2) is 0 Å². The van der Waals surface area contributed by atoms with Gasteiger partial charge in [0.05, 0.1) is 12.8 Å². The van der Waals surface area contributed by atoms with E-state index in [0.717, 1.165) is 24.3 Å². The molecular weight excluding hydrogens is 236 g/mol. The van der Waals surface area contributed by atoms with Crippen LogP contribution >= 0.6 is 0 Å². The fourth-order valence-corrected chi connectivity index (χ4v) is 2.41. The Labute approximate surface area is 117 Å². The van der Waals surface area contributed by atoms with Crippen molar-refractivity contribution in [2.24, 2.45) is 11.7 Å². The highest BCUT2D eigenvalue weighted by Gasteiger charge is 2.28. The van der Waals surface area contributed by atoms with E-state index in [1.165, 1.54) is 6.42 Å². The number of anilines is 1. The fourth-order valence-electron chi connectivity index (χ4n) is 2.41. The number of benzene rings is 1. The first-order valence-electron chi connectivity index (χ1n) is 7.22. The van der Waals surface area contributed by atoms with Crippen molar-refractivity contribution in [2.75, 3.05) is 19.0 Å². The van der Waals surface area contributed by atoms with Crippen molar-refractivity contribution < 1.29 is 4.74 Å². The third kappa shape index (κ3) is 4.13. The van der Waals surface area contributed by atoms with Gasteiger partial charge in [-0.05, 0) is 30.9 Å². The van der Waals surface area contributed by atoms with Crippen LogP contribution in [0.5, 0.6) is 5.75 Å². The van der Waals surface area contributed by atoms with Gasteiger partial charge in [-0.15, -0.1) is 0 Å². The summed E-state index contributed by atoms with van der Waals surface area (Å²) in [5.41, 5.74) is 7.03. The Kier molecular flexibility index (Phi) is 6.16. The summed E-state index contributed by atoms with van der Waals surface area (Å²) in [6.07, 6.45) is 3.26. The molecule has 0 heterocycles. The van der Waals surface area contributed by atoms with Crippen LogP contribution < -0.4 is 15.8 Å². The maximum absolute atomic E-state index is 6.06. The van der Waals surface area contributed by atoms with E-state index in [9.17, 15) is 0 Å².